The van der Waals surface area contributed by atoms with Crippen molar-refractivity contribution in [1.29, 1.82) is 0 Å². The van der Waals surface area contributed by atoms with Crippen LogP contribution in [0.25, 0.3) is 0 Å². The molecular formula is C23H19Br2NO5. The molecule has 1 amide bonds. The first-order chi connectivity index (χ1) is 14.8. The molecule has 31 heavy (non-hydrogen) atoms. The number of phenols is 1. The molecule has 0 aliphatic rings. The Bertz CT molecular complexity index is 1100. The van der Waals surface area contributed by atoms with E-state index in [0.29, 0.717) is 38.1 Å². The maximum absolute atomic E-state index is 13.0. The third-order valence-corrected chi connectivity index (χ3v) is 5.68. The van der Waals surface area contributed by atoms with Crippen LogP contribution in [0.2, 0.25) is 0 Å². The average molecular weight is 549 g/mol. The number of aryl methyl sites for hydroxylation is 1. The lowest BCUT2D eigenvalue weighted by Crippen LogP contribution is -2.35. The zero-order valence-electron chi connectivity index (χ0n) is 16.5. The first-order valence-electron chi connectivity index (χ1n) is 9.37. The zero-order chi connectivity index (χ0) is 22.5. The summed E-state index contributed by atoms with van der Waals surface area (Å²) in [5, 5.41) is 19.2. The van der Waals surface area contributed by atoms with E-state index < -0.39 is 18.4 Å². The molecule has 2 N–H and O–H groups in total. The van der Waals surface area contributed by atoms with Gasteiger partial charge in [-0.15, -0.1) is 0 Å². The maximum atomic E-state index is 13.0. The lowest BCUT2D eigenvalue weighted by atomic mass is 10.1. The highest BCUT2D eigenvalue weighted by Gasteiger charge is 2.23. The fraction of sp³-hybridized carbons (Fsp3) is 0.130. The first-order valence-corrected chi connectivity index (χ1v) is 11.0. The summed E-state index contributed by atoms with van der Waals surface area (Å²) in [6, 6.07) is 16.7. The lowest BCUT2D eigenvalue weighted by molar-refractivity contribution is -0.135. The molecule has 0 radical (unpaired) electrons. The summed E-state index contributed by atoms with van der Waals surface area (Å²) in [7, 11) is 0. The van der Waals surface area contributed by atoms with Crippen LogP contribution < -0.4 is 9.64 Å². The van der Waals surface area contributed by atoms with E-state index in [2.05, 4.69) is 31.9 Å². The van der Waals surface area contributed by atoms with E-state index in [1.54, 1.807) is 60.7 Å². The van der Waals surface area contributed by atoms with E-state index in [1.165, 1.54) is 4.90 Å². The zero-order valence-corrected chi connectivity index (χ0v) is 19.7. The number of anilines is 1. The second-order valence-corrected chi connectivity index (χ2v) is 8.34. The summed E-state index contributed by atoms with van der Waals surface area (Å²) in [5.41, 5.74) is 1.53. The van der Waals surface area contributed by atoms with Crippen LogP contribution in [0.1, 0.15) is 22.8 Å². The molecule has 6 nitrogen and oxygen atoms in total. The summed E-state index contributed by atoms with van der Waals surface area (Å²) in [6.45, 7) is 1.44. The molecule has 0 spiro atoms. The number of ether oxygens (including phenoxy) is 1. The van der Waals surface area contributed by atoms with Gasteiger partial charge in [-0.05, 0) is 86.3 Å². The van der Waals surface area contributed by atoms with Crippen molar-refractivity contribution < 1.29 is 24.5 Å². The van der Waals surface area contributed by atoms with Crippen molar-refractivity contribution >= 4 is 49.4 Å². The summed E-state index contributed by atoms with van der Waals surface area (Å²) in [5.74, 6) is -0.368. The number of carboxylic acid groups (broad SMARTS) is 1. The lowest BCUT2D eigenvalue weighted by Gasteiger charge is -2.22. The molecule has 0 aliphatic heterocycles. The van der Waals surface area contributed by atoms with Crippen LogP contribution in [0.4, 0.5) is 5.69 Å². The quantitative estimate of drug-likeness (QED) is 0.378. The second kappa shape index (κ2) is 9.98. The van der Waals surface area contributed by atoms with E-state index in [0.717, 1.165) is 5.56 Å². The molecule has 0 atom stereocenters. The van der Waals surface area contributed by atoms with Crippen molar-refractivity contribution in [2.45, 2.75) is 13.3 Å². The second-order valence-electron chi connectivity index (χ2n) is 6.64. The minimum atomic E-state index is -1.13. The number of rotatable bonds is 7. The van der Waals surface area contributed by atoms with E-state index in [4.69, 9.17) is 4.74 Å². The number of hydrogen-bond donors (Lipinski definition) is 2. The molecule has 3 aromatic rings. The van der Waals surface area contributed by atoms with Gasteiger partial charge in [-0.1, -0.05) is 25.1 Å². The third kappa shape index (κ3) is 5.45. The predicted octanol–water partition coefficient (Wildman–Crippen LogP) is 6.00. The molecule has 3 aromatic carbocycles. The Labute approximate surface area is 196 Å². The van der Waals surface area contributed by atoms with Gasteiger partial charge in [0.15, 0.2) is 5.75 Å². The Morgan fingerprint density at radius 3 is 2.23 bits per heavy atom. The van der Waals surface area contributed by atoms with Crippen LogP contribution in [0, 0.1) is 0 Å². The van der Waals surface area contributed by atoms with Crippen molar-refractivity contribution in [3.63, 3.8) is 0 Å². The molecule has 0 heterocycles. The van der Waals surface area contributed by atoms with Gasteiger partial charge in [0, 0.05) is 11.3 Å². The number of carbonyl (C=O) groups is 2. The SMILES string of the molecule is CCc1cc(Oc2c(Br)cc(N(CC(=O)O)C(=O)c3ccccc3)cc2Br)ccc1O. The normalized spacial score (nSPS) is 10.5. The Morgan fingerprint density at radius 1 is 1.00 bits per heavy atom. The topological polar surface area (TPSA) is 87.1 Å². The van der Waals surface area contributed by atoms with E-state index in [1.807, 2.05) is 6.92 Å². The molecule has 0 saturated heterocycles. The number of aromatic hydroxyl groups is 1. The number of nitrogens with zero attached hydrogens (tertiary/aromatic N) is 1. The van der Waals surface area contributed by atoms with Crippen LogP contribution in [0.3, 0.4) is 0 Å². The number of halogens is 2. The number of benzene rings is 3. The highest BCUT2D eigenvalue weighted by Crippen LogP contribution is 2.41. The summed E-state index contributed by atoms with van der Waals surface area (Å²) >= 11 is 6.91. The van der Waals surface area contributed by atoms with Crippen LogP contribution in [-0.4, -0.2) is 28.6 Å². The van der Waals surface area contributed by atoms with Gasteiger partial charge in [-0.25, -0.2) is 0 Å². The van der Waals surface area contributed by atoms with Gasteiger partial charge in [0.1, 0.15) is 18.0 Å². The van der Waals surface area contributed by atoms with Gasteiger partial charge >= 0.3 is 5.97 Å². The summed E-state index contributed by atoms with van der Waals surface area (Å²) in [6.07, 6.45) is 0.649. The van der Waals surface area contributed by atoms with Gasteiger partial charge in [0.25, 0.3) is 5.91 Å². The number of carbonyl (C=O) groups excluding carboxylic acids is 1. The van der Waals surface area contributed by atoms with E-state index >= 15 is 0 Å². The summed E-state index contributed by atoms with van der Waals surface area (Å²) in [4.78, 5) is 25.6. The van der Waals surface area contributed by atoms with Crippen LogP contribution in [-0.2, 0) is 11.2 Å². The van der Waals surface area contributed by atoms with Crippen molar-refractivity contribution in [3.8, 4) is 17.2 Å². The molecule has 0 unspecified atom stereocenters. The molecule has 3 rings (SSSR count). The fourth-order valence-corrected chi connectivity index (χ4v) is 4.30. The monoisotopic (exact) mass is 547 g/mol. The minimum absolute atomic E-state index is 0.201. The Hall–Kier alpha value is -2.84. The van der Waals surface area contributed by atoms with Crippen molar-refractivity contribution in [2.75, 3.05) is 11.4 Å². The van der Waals surface area contributed by atoms with Crippen molar-refractivity contribution in [2.24, 2.45) is 0 Å². The fourth-order valence-electron chi connectivity index (χ4n) is 2.98. The number of hydrogen-bond acceptors (Lipinski definition) is 4. The highest BCUT2D eigenvalue weighted by atomic mass is 79.9. The van der Waals surface area contributed by atoms with Gasteiger partial charge in [-0.3, -0.25) is 14.5 Å². The molecule has 0 bridgehead atoms. The Morgan fingerprint density at radius 2 is 1.65 bits per heavy atom. The molecule has 160 valence electrons. The summed E-state index contributed by atoms with van der Waals surface area (Å²) < 4.78 is 7.03. The van der Waals surface area contributed by atoms with Gasteiger partial charge < -0.3 is 14.9 Å². The van der Waals surface area contributed by atoms with E-state index in [-0.39, 0.29) is 5.75 Å². The highest BCUT2D eigenvalue weighted by molar-refractivity contribution is 9.11. The van der Waals surface area contributed by atoms with Crippen molar-refractivity contribution in [1.82, 2.24) is 0 Å². The molecular weight excluding hydrogens is 530 g/mol. The first kappa shape index (κ1) is 22.8. The molecule has 0 saturated carbocycles. The number of amides is 1. The number of carboxylic acids is 1. The number of aliphatic carboxylic acids is 1. The Kier molecular flexibility index (Phi) is 7.35. The van der Waals surface area contributed by atoms with Crippen LogP contribution in [0.5, 0.6) is 17.2 Å². The standard InChI is InChI=1S/C23H19Br2NO5/c1-2-14-10-17(8-9-20(14)27)31-22-18(24)11-16(12-19(22)25)26(13-21(28)29)23(30)15-6-4-3-5-7-15/h3-12,27H,2,13H2,1H3,(H,28,29). The van der Waals surface area contributed by atoms with Gasteiger partial charge in [0.2, 0.25) is 0 Å². The molecule has 0 aromatic heterocycles. The third-order valence-electron chi connectivity index (χ3n) is 4.51. The predicted molar refractivity (Wildman–Crippen MR) is 125 cm³/mol. The largest absolute Gasteiger partial charge is 0.508 e. The van der Waals surface area contributed by atoms with Gasteiger partial charge in [0.05, 0.1) is 8.95 Å². The van der Waals surface area contributed by atoms with Crippen molar-refractivity contribution in [3.05, 3.63) is 80.7 Å². The number of phenolic OH excluding ortho intramolecular Hbond substituents is 1. The van der Waals surface area contributed by atoms with Gasteiger partial charge in [-0.2, -0.15) is 0 Å². The maximum Gasteiger partial charge on any atom is 0.323 e. The van der Waals surface area contributed by atoms with E-state index in [9.17, 15) is 19.8 Å². The molecule has 8 heteroatoms. The minimum Gasteiger partial charge on any atom is -0.508 e. The average Bonchev–Trinajstić information content (AvgIpc) is 2.75. The van der Waals surface area contributed by atoms with Crippen LogP contribution in [0.15, 0.2) is 69.6 Å². The molecule has 0 aliphatic carbocycles. The Balaban J connectivity index is 1.96. The van der Waals surface area contributed by atoms with Crippen LogP contribution >= 0.6 is 31.9 Å². The molecule has 0 fully saturated rings. The smallest absolute Gasteiger partial charge is 0.323 e.